The Balaban J connectivity index is 1.44. The molecule has 1 saturated heterocycles. The lowest BCUT2D eigenvalue weighted by molar-refractivity contribution is -0.139. The summed E-state index contributed by atoms with van der Waals surface area (Å²) in [5.74, 6) is -0.288. The van der Waals surface area contributed by atoms with Gasteiger partial charge >= 0.3 is 6.18 Å². The van der Waals surface area contributed by atoms with Gasteiger partial charge in [-0.1, -0.05) is 35.6 Å². The Kier molecular flexibility index (Phi) is 7.35. The highest BCUT2D eigenvalue weighted by atomic mass is 32.1. The molecule has 0 spiro atoms. The molecule has 1 aliphatic heterocycles. The van der Waals surface area contributed by atoms with Gasteiger partial charge in [0, 0.05) is 29.7 Å². The summed E-state index contributed by atoms with van der Waals surface area (Å²) in [7, 11) is 1.86. The molecule has 200 valence electrons. The minimum atomic E-state index is -4.47. The van der Waals surface area contributed by atoms with Crippen LogP contribution in [-0.4, -0.2) is 64.1 Å². The standard InChI is InChI=1S/C26H26F4N6OS/c1-35-11-10-20(18(27)14-35)32-19-8-5-9-21-17(19)12-22(36(21)15-26(28,29)30)25-34-33-23(38-25)13-31-24(37)16-6-3-2-4-7-16/h2-9,12,18,20,32H,10-11,13-15H2,1H3,(H,31,37)/t18-,20?/m1/s1. The van der Waals surface area contributed by atoms with Crippen LogP contribution in [-0.2, 0) is 13.1 Å². The zero-order chi connectivity index (χ0) is 26.9. The van der Waals surface area contributed by atoms with E-state index in [2.05, 4.69) is 20.8 Å². The van der Waals surface area contributed by atoms with Gasteiger partial charge in [-0.25, -0.2) is 4.39 Å². The summed E-state index contributed by atoms with van der Waals surface area (Å²) in [6.07, 6.45) is -4.99. The molecule has 5 rings (SSSR count). The maximum absolute atomic E-state index is 14.7. The first-order valence-electron chi connectivity index (χ1n) is 12.1. The van der Waals surface area contributed by atoms with Gasteiger partial charge in [0.05, 0.1) is 23.8 Å². The molecule has 2 aromatic carbocycles. The summed E-state index contributed by atoms with van der Waals surface area (Å²) < 4.78 is 56.7. The molecular weight excluding hydrogens is 520 g/mol. The first-order valence-corrected chi connectivity index (χ1v) is 12.9. The number of amides is 1. The number of fused-ring (bicyclic) bond motifs is 1. The molecule has 1 aliphatic rings. The average Bonchev–Trinajstić information content (AvgIpc) is 3.49. The van der Waals surface area contributed by atoms with Gasteiger partial charge < -0.3 is 20.1 Å². The summed E-state index contributed by atoms with van der Waals surface area (Å²) in [6, 6.07) is 14.9. The van der Waals surface area contributed by atoms with E-state index >= 15 is 0 Å². The van der Waals surface area contributed by atoms with Crippen molar-refractivity contribution in [1.82, 2.24) is 25.0 Å². The van der Waals surface area contributed by atoms with E-state index in [1.807, 2.05) is 11.9 Å². The van der Waals surface area contributed by atoms with Gasteiger partial charge in [-0.15, -0.1) is 10.2 Å². The number of nitrogens with one attached hydrogen (secondary N) is 2. The summed E-state index contributed by atoms with van der Waals surface area (Å²) in [5.41, 5.74) is 1.68. The molecule has 0 bridgehead atoms. The minimum absolute atomic E-state index is 0.0890. The maximum Gasteiger partial charge on any atom is 0.406 e. The predicted octanol–water partition coefficient (Wildman–Crippen LogP) is 5.11. The van der Waals surface area contributed by atoms with E-state index in [0.29, 0.717) is 45.1 Å². The zero-order valence-corrected chi connectivity index (χ0v) is 21.3. The SMILES string of the molecule is CN1CCC(Nc2cccc3c2cc(-c2nnc(CNC(=O)c4ccccc4)s2)n3CC(F)(F)F)[C@H](F)C1. The molecule has 12 heteroatoms. The molecule has 0 radical (unpaired) electrons. The highest BCUT2D eigenvalue weighted by molar-refractivity contribution is 7.14. The fourth-order valence-electron chi connectivity index (χ4n) is 4.63. The molecule has 3 heterocycles. The minimum Gasteiger partial charge on any atom is -0.379 e. The summed E-state index contributed by atoms with van der Waals surface area (Å²) in [5, 5.41) is 15.5. The van der Waals surface area contributed by atoms with E-state index < -0.39 is 24.9 Å². The molecule has 1 amide bonds. The number of benzene rings is 2. The lowest BCUT2D eigenvalue weighted by atomic mass is 10.0. The van der Waals surface area contributed by atoms with Gasteiger partial charge in [-0.3, -0.25) is 4.79 Å². The van der Waals surface area contributed by atoms with Crippen molar-refractivity contribution in [3.05, 3.63) is 65.2 Å². The van der Waals surface area contributed by atoms with Gasteiger partial charge in [0.25, 0.3) is 5.91 Å². The van der Waals surface area contributed by atoms with Crippen LogP contribution in [0, 0.1) is 0 Å². The quantitative estimate of drug-likeness (QED) is 0.316. The number of carbonyl (C=O) groups excluding carboxylic acids is 1. The fourth-order valence-corrected chi connectivity index (χ4v) is 5.44. The van der Waals surface area contributed by atoms with E-state index in [0.717, 1.165) is 22.4 Å². The van der Waals surface area contributed by atoms with Crippen LogP contribution >= 0.6 is 11.3 Å². The predicted molar refractivity (Wildman–Crippen MR) is 139 cm³/mol. The van der Waals surface area contributed by atoms with Crippen molar-refractivity contribution in [2.24, 2.45) is 0 Å². The first-order chi connectivity index (χ1) is 18.2. The Morgan fingerprint density at radius 3 is 2.66 bits per heavy atom. The monoisotopic (exact) mass is 546 g/mol. The van der Waals surface area contributed by atoms with Crippen LogP contribution < -0.4 is 10.6 Å². The van der Waals surface area contributed by atoms with Crippen molar-refractivity contribution in [1.29, 1.82) is 0 Å². The van der Waals surface area contributed by atoms with E-state index in [1.165, 1.54) is 0 Å². The van der Waals surface area contributed by atoms with Gasteiger partial charge in [0.15, 0.2) is 5.01 Å². The molecule has 1 fully saturated rings. The Morgan fingerprint density at radius 1 is 1.13 bits per heavy atom. The molecule has 4 aromatic rings. The number of piperidine rings is 1. The molecule has 2 N–H and O–H groups in total. The molecule has 0 saturated carbocycles. The number of halogens is 4. The van der Waals surface area contributed by atoms with Gasteiger partial charge in [-0.05, 0) is 43.8 Å². The second-order valence-electron chi connectivity index (χ2n) is 9.34. The largest absolute Gasteiger partial charge is 0.406 e. The second-order valence-corrected chi connectivity index (χ2v) is 10.4. The number of aromatic nitrogens is 3. The average molecular weight is 547 g/mol. The topological polar surface area (TPSA) is 75.1 Å². The Hall–Kier alpha value is -3.51. The first kappa shape index (κ1) is 26.1. The normalized spacial score (nSPS) is 18.6. The third-order valence-electron chi connectivity index (χ3n) is 6.49. The third kappa shape index (κ3) is 5.81. The number of carbonyl (C=O) groups is 1. The Labute approximate surface area is 220 Å². The fraction of sp³-hybridized carbons (Fsp3) is 0.346. The number of likely N-dealkylation sites (tertiary alicyclic amines) is 1. The van der Waals surface area contributed by atoms with Crippen molar-refractivity contribution in [2.75, 3.05) is 25.5 Å². The number of nitrogens with zero attached hydrogens (tertiary/aromatic N) is 4. The van der Waals surface area contributed by atoms with Crippen molar-refractivity contribution < 1.29 is 22.4 Å². The highest BCUT2D eigenvalue weighted by Crippen LogP contribution is 2.36. The second kappa shape index (κ2) is 10.7. The van der Waals surface area contributed by atoms with Gasteiger partial charge in [-0.2, -0.15) is 13.2 Å². The summed E-state index contributed by atoms with van der Waals surface area (Å²) >= 11 is 1.11. The molecule has 2 atom stereocenters. The number of anilines is 1. The van der Waals surface area contributed by atoms with Crippen molar-refractivity contribution >= 4 is 33.8 Å². The number of rotatable bonds is 7. The van der Waals surface area contributed by atoms with Crippen LogP contribution in [0.5, 0.6) is 0 Å². The van der Waals surface area contributed by atoms with Crippen LogP contribution in [0.25, 0.3) is 21.6 Å². The van der Waals surface area contributed by atoms with E-state index in [9.17, 15) is 22.4 Å². The molecule has 2 aromatic heterocycles. The molecular formula is C26H26F4N6OS. The Morgan fingerprint density at radius 2 is 1.92 bits per heavy atom. The smallest absolute Gasteiger partial charge is 0.379 e. The molecule has 1 unspecified atom stereocenters. The number of hydrogen-bond acceptors (Lipinski definition) is 6. The zero-order valence-electron chi connectivity index (χ0n) is 20.5. The molecule has 7 nitrogen and oxygen atoms in total. The van der Waals surface area contributed by atoms with E-state index in [4.69, 9.17) is 0 Å². The van der Waals surface area contributed by atoms with Gasteiger partial charge in [0.2, 0.25) is 0 Å². The Bertz CT molecular complexity index is 1420. The van der Waals surface area contributed by atoms with E-state index in [1.54, 1.807) is 54.6 Å². The highest BCUT2D eigenvalue weighted by Gasteiger charge is 2.32. The van der Waals surface area contributed by atoms with E-state index in [-0.39, 0.29) is 18.1 Å². The lowest BCUT2D eigenvalue weighted by Gasteiger charge is -2.33. The van der Waals surface area contributed by atoms with Crippen LogP contribution in [0.4, 0.5) is 23.2 Å². The molecule has 0 aliphatic carbocycles. The van der Waals surface area contributed by atoms with Crippen molar-refractivity contribution in [3.63, 3.8) is 0 Å². The summed E-state index contributed by atoms with van der Waals surface area (Å²) in [4.78, 5) is 14.3. The van der Waals surface area contributed by atoms with Crippen LogP contribution in [0.3, 0.4) is 0 Å². The van der Waals surface area contributed by atoms with Crippen LogP contribution in [0.15, 0.2) is 54.6 Å². The van der Waals surface area contributed by atoms with Crippen molar-refractivity contribution in [2.45, 2.75) is 37.9 Å². The van der Waals surface area contributed by atoms with Crippen LogP contribution in [0.1, 0.15) is 21.8 Å². The number of alkyl halides is 4. The maximum atomic E-state index is 14.7. The van der Waals surface area contributed by atoms with Crippen molar-refractivity contribution in [3.8, 4) is 10.7 Å². The lowest BCUT2D eigenvalue weighted by Crippen LogP contribution is -2.46. The van der Waals surface area contributed by atoms with Crippen LogP contribution in [0.2, 0.25) is 0 Å². The van der Waals surface area contributed by atoms with Gasteiger partial charge in [0.1, 0.15) is 17.7 Å². The molecule has 38 heavy (non-hydrogen) atoms. The number of hydrogen-bond donors (Lipinski definition) is 2. The summed E-state index contributed by atoms with van der Waals surface area (Å²) in [6.45, 7) is -0.105. The third-order valence-corrected chi connectivity index (χ3v) is 7.44.